The van der Waals surface area contributed by atoms with Crippen molar-refractivity contribution in [2.24, 2.45) is 0 Å². The van der Waals surface area contributed by atoms with Gasteiger partial charge in [0.1, 0.15) is 11.8 Å². The van der Waals surface area contributed by atoms with E-state index in [2.05, 4.69) is 5.32 Å². The number of halogens is 2. The fraction of sp³-hybridized carbons (Fsp3) is 0.310. The number of carbonyl (C=O) groups is 2. The van der Waals surface area contributed by atoms with Crippen LogP contribution in [0.3, 0.4) is 0 Å². The second kappa shape index (κ2) is 14.3. The maximum absolute atomic E-state index is 13.7. The summed E-state index contributed by atoms with van der Waals surface area (Å²) >= 11 is 13.9. The van der Waals surface area contributed by atoms with Crippen LogP contribution in [0.4, 0.5) is 0 Å². The van der Waals surface area contributed by atoms with E-state index >= 15 is 0 Å². The molecule has 0 spiro atoms. The van der Waals surface area contributed by atoms with Gasteiger partial charge < -0.3 is 15.0 Å². The molecule has 2 amide bonds. The van der Waals surface area contributed by atoms with Crippen LogP contribution in [0.1, 0.15) is 30.5 Å². The minimum Gasteiger partial charge on any atom is -0.497 e. The van der Waals surface area contributed by atoms with Crippen molar-refractivity contribution in [3.05, 3.63) is 99.5 Å². The first kappa shape index (κ1) is 28.9. The summed E-state index contributed by atoms with van der Waals surface area (Å²) in [7, 11) is 1.63. The van der Waals surface area contributed by atoms with Crippen molar-refractivity contribution in [2.75, 3.05) is 12.9 Å². The number of benzene rings is 3. The number of nitrogens with zero attached hydrogens (tertiary/aromatic N) is 1. The highest BCUT2D eigenvalue weighted by Crippen LogP contribution is 2.25. The van der Waals surface area contributed by atoms with E-state index in [9.17, 15) is 9.59 Å². The number of hydrogen-bond acceptors (Lipinski definition) is 4. The van der Waals surface area contributed by atoms with E-state index in [1.807, 2.05) is 74.5 Å². The van der Waals surface area contributed by atoms with Gasteiger partial charge in [-0.25, -0.2) is 0 Å². The first-order chi connectivity index (χ1) is 17.8. The molecule has 196 valence electrons. The topological polar surface area (TPSA) is 58.6 Å². The molecule has 0 saturated carbocycles. The van der Waals surface area contributed by atoms with Crippen LogP contribution < -0.4 is 10.1 Å². The zero-order chi connectivity index (χ0) is 26.8. The van der Waals surface area contributed by atoms with Crippen LogP contribution in [0.2, 0.25) is 10.0 Å². The van der Waals surface area contributed by atoms with Crippen LogP contribution >= 0.6 is 35.0 Å². The number of carbonyl (C=O) groups excluding carboxylic acids is 2. The molecular formula is C29H32Cl2N2O3S. The molecule has 3 rings (SSSR count). The predicted octanol–water partition coefficient (Wildman–Crippen LogP) is 6.40. The number of nitrogens with one attached hydrogen (secondary N) is 1. The summed E-state index contributed by atoms with van der Waals surface area (Å²) in [6.45, 7) is 4.06. The molecule has 0 heterocycles. The third-order valence-corrected chi connectivity index (χ3v) is 7.42. The molecular weight excluding hydrogens is 527 g/mol. The minimum atomic E-state index is -0.687. The third-order valence-electron chi connectivity index (χ3n) is 5.69. The average Bonchev–Trinajstić information content (AvgIpc) is 2.88. The number of ether oxygens (including phenoxy) is 1. The summed E-state index contributed by atoms with van der Waals surface area (Å²) in [4.78, 5) is 28.7. The van der Waals surface area contributed by atoms with Gasteiger partial charge in [-0.2, -0.15) is 0 Å². The Morgan fingerprint density at radius 2 is 1.59 bits per heavy atom. The second-order valence-corrected chi connectivity index (χ2v) is 10.8. The Kier molecular flexibility index (Phi) is 11.2. The molecule has 5 nitrogen and oxygen atoms in total. The maximum Gasteiger partial charge on any atom is 0.243 e. The van der Waals surface area contributed by atoms with Crippen LogP contribution in [0.5, 0.6) is 5.75 Å². The summed E-state index contributed by atoms with van der Waals surface area (Å²) in [5.41, 5.74) is 2.87. The normalized spacial score (nSPS) is 11.7. The number of methoxy groups -OCH3 is 1. The zero-order valence-corrected chi connectivity index (χ0v) is 23.6. The van der Waals surface area contributed by atoms with E-state index in [0.29, 0.717) is 22.2 Å². The SMILES string of the molecule is COc1ccc(CSCC(=O)N(Cc2ccc(Cl)c(Cl)c2)C(Cc2ccccc2)C(=O)NC(C)C)cc1. The lowest BCUT2D eigenvalue weighted by molar-refractivity contribution is -0.139. The molecule has 0 aliphatic rings. The van der Waals surface area contributed by atoms with Gasteiger partial charge in [0.2, 0.25) is 11.8 Å². The van der Waals surface area contributed by atoms with Gasteiger partial charge in [-0.15, -0.1) is 11.8 Å². The van der Waals surface area contributed by atoms with Crippen LogP contribution in [0.25, 0.3) is 0 Å². The molecule has 8 heteroatoms. The first-order valence-electron chi connectivity index (χ1n) is 12.0. The van der Waals surface area contributed by atoms with E-state index < -0.39 is 6.04 Å². The Morgan fingerprint density at radius 3 is 2.22 bits per heavy atom. The van der Waals surface area contributed by atoms with Crippen molar-refractivity contribution in [2.45, 2.75) is 44.6 Å². The summed E-state index contributed by atoms with van der Waals surface area (Å²) in [5, 5.41) is 3.85. The van der Waals surface area contributed by atoms with Crippen LogP contribution in [-0.4, -0.2) is 41.7 Å². The molecule has 0 fully saturated rings. The number of thioether (sulfide) groups is 1. The average molecular weight is 560 g/mol. The fourth-order valence-electron chi connectivity index (χ4n) is 3.83. The van der Waals surface area contributed by atoms with Crippen LogP contribution in [0.15, 0.2) is 72.8 Å². The van der Waals surface area contributed by atoms with Crippen LogP contribution in [0, 0.1) is 0 Å². The molecule has 0 bridgehead atoms. The third kappa shape index (κ3) is 8.99. The van der Waals surface area contributed by atoms with E-state index in [1.54, 1.807) is 24.1 Å². The van der Waals surface area contributed by atoms with E-state index in [4.69, 9.17) is 27.9 Å². The largest absolute Gasteiger partial charge is 0.497 e. The lowest BCUT2D eigenvalue weighted by Crippen LogP contribution is -2.52. The van der Waals surface area contributed by atoms with Gasteiger partial charge in [0, 0.05) is 24.8 Å². The van der Waals surface area contributed by atoms with Gasteiger partial charge in [-0.3, -0.25) is 9.59 Å². The van der Waals surface area contributed by atoms with E-state index in [0.717, 1.165) is 22.4 Å². The zero-order valence-electron chi connectivity index (χ0n) is 21.2. The lowest BCUT2D eigenvalue weighted by Gasteiger charge is -2.32. The number of hydrogen-bond donors (Lipinski definition) is 1. The standard InChI is InChI=1S/C29H32Cl2N2O3S/c1-20(2)32-29(35)27(16-21-7-5-4-6-8-21)33(17-23-11-14-25(30)26(31)15-23)28(34)19-37-18-22-9-12-24(36-3)13-10-22/h4-15,20,27H,16-19H2,1-3H3,(H,32,35). The van der Waals surface area contributed by atoms with Crippen molar-refractivity contribution in [3.8, 4) is 5.75 Å². The number of rotatable bonds is 12. The summed E-state index contributed by atoms with van der Waals surface area (Å²) in [6, 6.07) is 22.1. The molecule has 1 unspecified atom stereocenters. The van der Waals surface area contributed by atoms with Crippen molar-refractivity contribution in [3.63, 3.8) is 0 Å². The highest BCUT2D eigenvalue weighted by Gasteiger charge is 2.30. The maximum atomic E-state index is 13.7. The Balaban J connectivity index is 1.84. The predicted molar refractivity (Wildman–Crippen MR) is 153 cm³/mol. The Hall–Kier alpha value is -2.67. The van der Waals surface area contributed by atoms with Crippen LogP contribution in [-0.2, 0) is 28.3 Å². The van der Waals surface area contributed by atoms with E-state index in [1.165, 1.54) is 11.8 Å². The Labute approximate surface area is 233 Å². The summed E-state index contributed by atoms with van der Waals surface area (Å²) in [6.07, 6.45) is 0.398. The molecule has 0 aliphatic heterocycles. The van der Waals surface area contributed by atoms with Crippen molar-refractivity contribution in [1.29, 1.82) is 0 Å². The van der Waals surface area contributed by atoms with Crippen molar-refractivity contribution in [1.82, 2.24) is 10.2 Å². The molecule has 37 heavy (non-hydrogen) atoms. The molecule has 0 saturated heterocycles. The van der Waals surface area contributed by atoms with Gasteiger partial charge in [0.25, 0.3) is 0 Å². The molecule has 0 aliphatic carbocycles. The number of amides is 2. The molecule has 1 atom stereocenters. The molecule has 3 aromatic carbocycles. The Morgan fingerprint density at radius 1 is 0.919 bits per heavy atom. The Bertz CT molecular complexity index is 1170. The molecule has 0 radical (unpaired) electrons. The highest BCUT2D eigenvalue weighted by atomic mass is 35.5. The van der Waals surface area contributed by atoms with Gasteiger partial charge >= 0.3 is 0 Å². The smallest absolute Gasteiger partial charge is 0.243 e. The molecule has 0 aromatic heterocycles. The first-order valence-corrected chi connectivity index (χ1v) is 14.0. The van der Waals surface area contributed by atoms with E-state index in [-0.39, 0.29) is 30.2 Å². The summed E-state index contributed by atoms with van der Waals surface area (Å²) in [5.74, 6) is 1.38. The fourth-order valence-corrected chi connectivity index (χ4v) is 5.02. The van der Waals surface area contributed by atoms with Crippen molar-refractivity contribution >= 4 is 46.8 Å². The second-order valence-electron chi connectivity index (χ2n) is 8.98. The quantitative estimate of drug-likeness (QED) is 0.279. The molecule has 3 aromatic rings. The van der Waals surface area contributed by atoms with Gasteiger partial charge in [0.15, 0.2) is 0 Å². The van der Waals surface area contributed by atoms with Gasteiger partial charge in [-0.05, 0) is 54.8 Å². The summed E-state index contributed by atoms with van der Waals surface area (Å²) < 4.78 is 5.22. The highest BCUT2D eigenvalue weighted by molar-refractivity contribution is 7.99. The van der Waals surface area contributed by atoms with Gasteiger partial charge in [0.05, 0.1) is 22.9 Å². The van der Waals surface area contributed by atoms with Gasteiger partial charge in [-0.1, -0.05) is 71.7 Å². The monoisotopic (exact) mass is 558 g/mol. The van der Waals surface area contributed by atoms with Crippen molar-refractivity contribution < 1.29 is 14.3 Å². The lowest BCUT2D eigenvalue weighted by atomic mass is 10.0. The minimum absolute atomic E-state index is 0.0582. The molecule has 1 N–H and O–H groups in total.